The van der Waals surface area contributed by atoms with Crippen molar-refractivity contribution >= 4 is 43.6 Å². The van der Waals surface area contributed by atoms with Crippen LogP contribution in [0.5, 0.6) is 11.5 Å². The van der Waals surface area contributed by atoms with Crippen molar-refractivity contribution in [3.8, 4) is 22.6 Å². The van der Waals surface area contributed by atoms with Gasteiger partial charge in [0.2, 0.25) is 0 Å². The Labute approximate surface area is 351 Å². The first-order valence-corrected chi connectivity index (χ1v) is 21.9. The molecule has 0 saturated carbocycles. The number of carbonyl (C=O) groups is 2. The lowest BCUT2D eigenvalue weighted by Crippen LogP contribution is -2.35. The van der Waals surface area contributed by atoms with Crippen molar-refractivity contribution < 1.29 is 42.1 Å². The van der Waals surface area contributed by atoms with Gasteiger partial charge in [-0.05, 0) is 88.2 Å². The van der Waals surface area contributed by atoms with Crippen molar-refractivity contribution in [3.05, 3.63) is 108 Å². The fourth-order valence-corrected chi connectivity index (χ4v) is 8.02. The highest BCUT2D eigenvalue weighted by Crippen LogP contribution is 2.39. The third-order valence-corrected chi connectivity index (χ3v) is 11.2. The minimum Gasteiger partial charge on any atom is -0.493 e. The van der Waals surface area contributed by atoms with E-state index in [1.54, 1.807) is 37.8 Å². The monoisotopic (exact) mass is 838 g/mol. The number of fused-ring (bicyclic) bond motifs is 2. The molecule has 13 nitrogen and oxygen atoms in total. The molecule has 318 valence electrons. The predicted octanol–water partition coefficient (Wildman–Crippen LogP) is 8.12. The summed E-state index contributed by atoms with van der Waals surface area (Å²) in [6, 6.07) is 26.0. The molecule has 6 rings (SSSR count). The SMILES string of the molecule is CCOC(=O)c1c(CCCOc2cccc3ccccc23)c2cccc(-c3c(COc4ccc(S(C)(=O)=O)cc4)nn(C)c3CO)c2n1CCCN(C)C(=O)OC(C)(C)C. The van der Waals surface area contributed by atoms with E-state index in [2.05, 4.69) is 0 Å². The molecule has 1 amide bonds. The largest absolute Gasteiger partial charge is 0.493 e. The highest BCUT2D eigenvalue weighted by atomic mass is 32.2. The minimum atomic E-state index is -3.39. The minimum absolute atomic E-state index is 0.00225. The number of sulfone groups is 1. The van der Waals surface area contributed by atoms with Crippen LogP contribution in [-0.4, -0.2) is 83.5 Å². The Morgan fingerprint density at radius 2 is 1.60 bits per heavy atom. The Morgan fingerprint density at radius 1 is 0.900 bits per heavy atom. The van der Waals surface area contributed by atoms with Crippen molar-refractivity contribution in [2.24, 2.45) is 7.05 Å². The zero-order valence-corrected chi connectivity index (χ0v) is 36.2. The molecular weight excluding hydrogens is 785 g/mol. The van der Waals surface area contributed by atoms with Gasteiger partial charge in [0.1, 0.15) is 35.1 Å². The van der Waals surface area contributed by atoms with E-state index in [0.717, 1.165) is 44.8 Å². The molecule has 0 unspecified atom stereocenters. The Kier molecular flexibility index (Phi) is 13.5. The number of aryl methyl sites for hydroxylation is 3. The van der Waals surface area contributed by atoms with E-state index in [1.165, 1.54) is 17.0 Å². The third-order valence-electron chi connectivity index (χ3n) is 10.1. The first-order valence-electron chi connectivity index (χ1n) is 20.1. The number of aliphatic hydroxyl groups excluding tert-OH is 1. The van der Waals surface area contributed by atoms with Gasteiger partial charge >= 0.3 is 12.1 Å². The van der Waals surface area contributed by atoms with E-state index in [0.29, 0.717) is 67.4 Å². The number of benzene rings is 4. The van der Waals surface area contributed by atoms with Gasteiger partial charge in [-0.1, -0.05) is 54.6 Å². The molecule has 4 aromatic carbocycles. The van der Waals surface area contributed by atoms with Crippen LogP contribution in [0.1, 0.15) is 68.0 Å². The maximum atomic E-state index is 14.1. The summed E-state index contributed by atoms with van der Waals surface area (Å²) in [5.41, 5.74) is 3.72. The summed E-state index contributed by atoms with van der Waals surface area (Å²) in [4.78, 5) is 28.7. The standard InChI is InChI=1S/C46H54N4O9S/c1-8-56-44(52)43-36(20-13-28-57-40-21-11-16-31-15-9-10-17-34(31)40)35-18-12-19-37(42(35)50(43)27-14-26-48(5)45(53)59-46(2,3)4)41-38(47-49(6)39(41)29-51)30-58-32-22-24-33(25-23-32)60(7,54)55/h9-12,15-19,21-25,51H,8,13-14,20,26-30H2,1-7H3. The van der Waals surface area contributed by atoms with E-state index in [9.17, 15) is 23.1 Å². The van der Waals surface area contributed by atoms with Gasteiger partial charge in [0, 0.05) is 55.3 Å². The summed E-state index contributed by atoms with van der Waals surface area (Å²) in [5, 5.41) is 18.5. The van der Waals surface area contributed by atoms with Crippen LogP contribution in [0.15, 0.2) is 89.8 Å². The molecule has 0 aliphatic rings. The summed E-state index contributed by atoms with van der Waals surface area (Å²) in [6.45, 7) is 8.15. The maximum absolute atomic E-state index is 14.1. The number of aromatic nitrogens is 3. The molecule has 0 atom stereocenters. The van der Waals surface area contributed by atoms with Gasteiger partial charge < -0.3 is 33.5 Å². The van der Waals surface area contributed by atoms with Crippen LogP contribution in [0.3, 0.4) is 0 Å². The van der Waals surface area contributed by atoms with Gasteiger partial charge in [0.15, 0.2) is 9.84 Å². The van der Waals surface area contributed by atoms with E-state index in [-0.39, 0.29) is 24.7 Å². The fraction of sp³-hybridized carbons (Fsp3) is 0.370. The van der Waals surface area contributed by atoms with Gasteiger partial charge in [-0.25, -0.2) is 18.0 Å². The van der Waals surface area contributed by atoms with Crippen LogP contribution in [0.4, 0.5) is 4.79 Å². The maximum Gasteiger partial charge on any atom is 0.410 e. The number of rotatable bonds is 17. The van der Waals surface area contributed by atoms with E-state index >= 15 is 0 Å². The Balaban J connectivity index is 1.42. The fourth-order valence-electron chi connectivity index (χ4n) is 7.39. The molecule has 2 heterocycles. The number of amides is 1. The van der Waals surface area contributed by atoms with E-state index in [4.69, 9.17) is 24.0 Å². The van der Waals surface area contributed by atoms with Gasteiger partial charge in [0.05, 0.1) is 35.9 Å². The van der Waals surface area contributed by atoms with Crippen LogP contribution in [-0.2, 0) is 52.5 Å². The van der Waals surface area contributed by atoms with E-state index in [1.807, 2.05) is 86.0 Å². The second kappa shape index (κ2) is 18.6. The predicted molar refractivity (Wildman–Crippen MR) is 231 cm³/mol. The molecule has 2 aromatic heterocycles. The van der Waals surface area contributed by atoms with Crippen molar-refractivity contribution in [2.45, 2.75) is 77.2 Å². The average Bonchev–Trinajstić information content (AvgIpc) is 3.70. The molecule has 0 fully saturated rings. The lowest BCUT2D eigenvalue weighted by molar-refractivity contribution is 0.0294. The van der Waals surface area contributed by atoms with Crippen LogP contribution < -0.4 is 9.47 Å². The summed E-state index contributed by atoms with van der Waals surface area (Å²) < 4.78 is 51.5. The average molecular weight is 839 g/mol. The topological polar surface area (TPSA) is 151 Å². The first-order chi connectivity index (χ1) is 28.6. The highest BCUT2D eigenvalue weighted by molar-refractivity contribution is 7.90. The second-order valence-corrected chi connectivity index (χ2v) is 17.7. The number of aliphatic hydroxyl groups is 1. The molecule has 0 aliphatic carbocycles. The van der Waals surface area contributed by atoms with Gasteiger partial charge in [-0.3, -0.25) is 4.68 Å². The Bertz CT molecular complexity index is 2580. The van der Waals surface area contributed by atoms with Crippen LogP contribution in [0, 0.1) is 0 Å². The van der Waals surface area contributed by atoms with Gasteiger partial charge in [0.25, 0.3) is 0 Å². The van der Waals surface area contributed by atoms with Crippen LogP contribution >= 0.6 is 0 Å². The smallest absolute Gasteiger partial charge is 0.410 e. The summed E-state index contributed by atoms with van der Waals surface area (Å²) in [7, 11) is 0.0419. The lowest BCUT2D eigenvalue weighted by atomic mass is 9.98. The first kappa shape index (κ1) is 43.7. The van der Waals surface area contributed by atoms with Crippen LogP contribution in [0.2, 0.25) is 0 Å². The van der Waals surface area contributed by atoms with Crippen molar-refractivity contribution in [1.29, 1.82) is 0 Å². The summed E-state index contributed by atoms with van der Waals surface area (Å²) in [6.07, 6.45) is 2.25. The number of carbonyl (C=O) groups excluding carboxylic acids is 2. The molecule has 1 N–H and O–H groups in total. The number of nitrogens with zero attached hydrogens (tertiary/aromatic N) is 4. The van der Waals surface area contributed by atoms with Gasteiger partial charge in [-0.15, -0.1) is 0 Å². The molecule has 0 saturated heterocycles. The highest BCUT2D eigenvalue weighted by Gasteiger charge is 2.29. The number of hydrogen-bond acceptors (Lipinski definition) is 10. The molecule has 0 radical (unpaired) electrons. The number of para-hydroxylation sites is 1. The van der Waals surface area contributed by atoms with Gasteiger partial charge in [-0.2, -0.15) is 5.10 Å². The molecule has 0 bridgehead atoms. The van der Waals surface area contributed by atoms with Crippen molar-refractivity contribution in [3.63, 3.8) is 0 Å². The number of ether oxygens (including phenoxy) is 4. The Morgan fingerprint density at radius 3 is 2.30 bits per heavy atom. The molecular formula is C46H54N4O9S. The lowest BCUT2D eigenvalue weighted by Gasteiger charge is -2.24. The van der Waals surface area contributed by atoms with Crippen molar-refractivity contribution in [2.75, 3.05) is 33.1 Å². The Hall–Kier alpha value is -5.86. The number of hydrogen-bond donors (Lipinski definition) is 1. The normalized spacial score (nSPS) is 11.9. The zero-order chi connectivity index (χ0) is 43.2. The summed E-state index contributed by atoms with van der Waals surface area (Å²) in [5.74, 6) is 0.754. The molecule has 60 heavy (non-hydrogen) atoms. The molecule has 0 spiro atoms. The second-order valence-electron chi connectivity index (χ2n) is 15.7. The molecule has 0 aliphatic heterocycles. The van der Waals surface area contributed by atoms with E-state index < -0.39 is 27.5 Å². The summed E-state index contributed by atoms with van der Waals surface area (Å²) >= 11 is 0. The van der Waals surface area contributed by atoms with Crippen molar-refractivity contribution in [1.82, 2.24) is 19.2 Å². The number of esters is 1. The quantitative estimate of drug-likeness (QED) is 0.0705. The van der Waals surface area contributed by atoms with Crippen LogP contribution in [0.25, 0.3) is 32.8 Å². The molecule has 6 aromatic rings. The zero-order valence-electron chi connectivity index (χ0n) is 35.4. The third kappa shape index (κ3) is 9.94. The molecule has 14 heteroatoms.